The minimum absolute atomic E-state index is 0.324. The Morgan fingerprint density at radius 3 is 3.14 bits per heavy atom. The summed E-state index contributed by atoms with van der Waals surface area (Å²) in [6, 6.07) is 0.468. The number of morpholine rings is 1. The molecule has 6 heteroatoms. The zero-order valence-corrected chi connectivity index (χ0v) is 13.8. The molecule has 0 aliphatic carbocycles. The first-order valence-corrected chi connectivity index (χ1v) is 8.61. The molecule has 1 N–H and O–H groups in total. The summed E-state index contributed by atoms with van der Waals surface area (Å²) in [6.07, 6.45) is 3.49. The Kier molecular flexibility index (Phi) is 4.47. The highest BCUT2D eigenvalue weighted by Crippen LogP contribution is 2.26. The molecule has 1 aliphatic rings. The second-order valence-electron chi connectivity index (χ2n) is 5.82. The second kappa shape index (κ2) is 6.34. The molecule has 1 aliphatic heterocycles. The van der Waals surface area contributed by atoms with E-state index < -0.39 is 0 Å². The third-order valence-corrected chi connectivity index (χ3v) is 4.67. The van der Waals surface area contributed by atoms with Gasteiger partial charge in [0.25, 0.3) is 0 Å². The van der Waals surface area contributed by atoms with Gasteiger partial charge in [0.05, 0.1) is 18.4 Å². The van der Waals surface area contributed by atoms with E-state index in [4.69, 9.17) is 9.72 Å². The lowest BCUT2D eigenvalue weighted by molar-refractivity contribution is 0.0381. The quantitative estimate of drug-likeness (QED) is 0.921. The molecule has 1 saturated heterocycles. The molecule has 3 heterocycles. The van der Waals surface area contributed by atoms with Crippen LogP contribution in [0, 0.1) is 0 Å². The van der Waals surface area contributed by atoms with Gasteiger partial charge in [-0.3, -0.25) is 4.40 Å². The normalized spacial score (nSPS) is 19.8. The zero-order valence-electron chi connectivity index (χ0n) is 13.0. The van der Waals surface area contributed by atoms with Gasteiger partial charge in [-0.25, -0.2) is 4.98 Å². The van der Waals surface area contributed by atoms with Gasteiger partial charge < -0.3 is 15.0 Å². The van der Waals surface area contributed by atoms with Crippen LogP contribution in [0.3, 0.4) is 0 Å². The van der Waals surface area contributed by atoms with Crippen LogP contribution in [-0.4, -0.2) is 41.2 Å². The van der Waals surface area contributed by atoms with Gasteiger partial charge in [-0.2, -0.15) is 0 Å². The topological polar surface area (TPSA) is 41.8 Å². The van der Waals surface area contributed by atoms with E-state index in [1.54, 1.807) is 11.3 Å². The van der Waals surface area contributed by atoms with Crippen LogP contribution in [0.1, 0.15) is 32.9 Å². The lowest BCUT2D eigenvalue weighted by Crippen LogP contribution is -2.43. The molecule has 21 heavy (non-hydrogen) atoms. The van der Waals surface area contributed by atoms with Gasteiger partial charge in [-0.1, -0.05) is 20.8 Å². The number of rotatable bonds is 5. The van der Waals surface area contributed by atoms with Gasteiger partial charge in [0, 0.05) is 37.3 Å². The van der Waals surface area contributed by atoms with Crippen molar-refractivity contribution in [2.45, 2.75) is 45.9 Å². The molecule has 2 aromatic rings. The smallest absolute Gasteiger partial charge is 0.195 e. The number of fused-ring (bicyclic) bond motifs is 1. The van der Waals surface area contributed by atoms with Crippen molar-refractivity contribution in [3.05, 3.63) is 17.3 Å². The third kappa shape index (κ3) is 3.07. The number of hydrogen-bond donors (Lipinski definition) is 1. The molecule has 0 bridgehead atoms. The molecule has 0 radical (unpaired) electrons. The molecule has 0 aromatic carbocycles. The zero-order chi connectivity index (χ0) is 14.8. The first kappa shape index (κ1) is 14.8. The van der Waals surface area contributed by atoms with Crippen molar-refractivity contribution in [3.8, 4) is 0 Å². The fourth-order valence-electron chi connectivity index (χ4n) is 2.70. The fraction of sp³-hybridized carbons (Fsp3) is 0.667. The summed E-state index contributed by atoms with van der Waals surface area (Å²) in [5.74, 6) is 1.12. The highest BCUT2D eigenvalue weighted by atomic mass is 32.1. The molecular weight excluding hydrogens is 284 g/mol. The molecule has 0 saturated carbocycles. The Labute approximate surface area is 129 Å². The van der Waals surface area contributed by atoms with Crippen LogP contribution in [0.4, 0.5) is 5.82 Å². The molecule has 1 unspecified atom stereocenters. The van der Waals surface area contributed by atoms with Crippen LogP contribution in [0.5, 0.6) is 0 Å². The van der Waals surface area contributed by atoms with Crippen molar-refractivity contribution >= 4 is 22.1 Å². The first-order valence-electron chi connectivity index (χ1n) is 7.73. The number of nitrogens with one attached hydrogen (secondary N) is 1. The highest BCUT2D eigenvalue weighted by molar-refractivity contribution is 7.15. The molecule has 3 rings (SSSR count). The summed E-state index contributed by atoms with van der Waals surface area (Å²) in [5.41, 5.74) is 1.26. The molecule has 5 nitrogen and oxygen atoms in total. The molecule has 0 spiro atoms. The van der Waals surface area contributed by atoms with Gasteiger partial charge in [0.15, 0.2) is 10.8 Å². The SMILES string of the molecule is CCC1CN(c2nc3sccn3c2CNC(C)C)CCO1. The van der Waals surface area contributed by atoms with Crippen molar-refractivity contribution in [1.29, 1.82) is 0 Å². The summed E-state index contributed by atoms with van der Waals surface area (Å²) < 4.78 is 8.00. The van der Waals surface area contributed by atoms with Crippen LogP contribution < -0.4 is 10.2 Å². The average Bonchev–Trinajstić information content (AvgIpc) is 3.06. The Bertz CT molecular complexity index is 592. The van der Waals surface area contributed by atoms with E-state index in [0.717, 1.165) is 43.4 Å². The maximum absolute atomic E-state index is 5.78. The molecule has 0 amide bonds. The Hall–Kier alpha value is -1.11. The summed E-state index contributed by atoms with van der Waals surface area (Å²) in [4.78, 5) is 8.31. The number of anilines is 1. The predicted molar refractivity (Wildman–Crippen MR) is 87.3 cm³/mol. The van der Waals surface area contributed by atoms with E-state index in [0.29, 0.717) is 12.1 Å². The summed E-state index contributed by atoms with van der Waals surface area (Å²) in [6.45, 7) is 10.0. The van der Waals surface area contributed by atoms with Crippen LogP contribution >= 0.6 is 11.3 Å². The van der Waals surface area contributed by atoms with Gasteiger partial charge in [0.2, 0.25) is 0 Å². The van der Waals surface area contributed by atoms with E-state index >= 15 is 0 Å². The number of hydrogen-bond acceptors (Lipinski definition) is 5. The number of nitrogens with zero attached hydrogens (tertiary/aromatic N) is 3. The van der Waals surface area contributed by atoms with Crippen LogP contribution in [0.25, 0.3) is 4.96 Å². The summed E-state index contributed by atoms with van der Waals surface area (Å²) in [5, 5.41) is 5.62. The number of imidazole rings is 1. The summed E-state index contributed by atoms with van der Waals surface area (Å²) >= 11 is 1.69. The minimum atomic E-state index is 0.324. The Balaban J connectivity index is 1.89. The van der Waals surface area contributed by atoms with Crippen molar-refractivity contribution < 1.29 is 4.74 Å². The molecule has 116 valence electrons. The molecule has 1 atom stereocenters. The predicted octanol–water partition coefficient (Wildman–Crippen LogP) is 2.51. The van der Waals surface area contributed by atoms with Gasteiger partial charge >= 0.3 is 0 Å². The number of thiazole rings is 1. The monoisotopic (exact) mass is 308 g/mol. The summed E-state index contributed by atoms with van der Waals surface area (Å²) in [7, 11) is 0. The van der Waals surface area contributed by atoms with E-state index in [1.807, 2.05) is 0 Å². The van der Waals surface area contributed by atoms with Crippen LogP contribution in [0.2, 0.25) is 0 Å². The van der Waals surface area contributed by atoms with E-state index in [-0.39, 0.29) is 0 Å². The van der Waals surface area contributed by atoms with E-state index in [2.05, 4.69) is 47.0 Å². The number of ether oxygens (including phenoxy) is 1. The molecule has 2 aromatic heterocycles. The lowest BCUT2D eigenvalue weighted by atomic mass is 10.2. The third-order valence-electron chi connectivity index (χ3n) is 3.91. The van der Waals surface area contributed by atoms with E-state index in [9.17, 15) is 0 Å². The van der Waals surface area contributed by atoms with Gasteiger partial charge in [-0.15, -0.1) is 11.3 Å². The Morgan fingerprint density at radius 2 is 2.38 bits per heavy atom. The highest BCUT2D eigenvalue weighted by Gasteiger charge is 2.24. The average molecular weight is 308 g/mol. The van der Waals surface area contributed by atoms with Crippen LogP contribution in [-0.2, 0) is 11.3 Å². The molecular formula is C15H24N4OS. The second-order valence-corrected chi connectivity index (χ2v) is 6.69. The number of aromatic nitrogens is 2. The standard InChI is InChI=1S/C15H24N4OS/c1-4-12-10-18(5-7-20-12)14-13(9-16-11(2)3)19-6-8-21-15(19)17-14/h6,8,11-12,16H,4-5,7,9-10H2,1-3H3. The fourth-order valence-corrected chi connectivity index (χ4v) is 3.43. The van der Waals surface area contributed by atoms with Gasteiger partial charge in [-0.05, 0) is 6.42 Å². The van der Waals surface area contributed by atoms with Crippen LogP contribution in [0.15, 0.2) is 11.6 Å². The first-order chi connectivity index (χ1) is 10.2. The van der Waals surface area contributed by atoms with E-state index in [1.165, 1.54) is 5.69 Å². The lowest BCUT2D eigenvalue weighted by Gasteiger charge is -2.33. The largest absolute Gasteiger partial charge is 0.375 e. The van der Waals surface area contributed by atoms with Crippen molar-refractivity contribution in [2.75, 3.05) is 24.6 Å². The van der Waals surface area contributed by atoms with Gasteiger partial charge in [0.1, 0.15) is 0 Å². The van der Waals surface area contributed by atoms with Crippen molar-refractivity contribution in [3.63, 3.8) is 0 Å². The maximum atomic E-state index is 5.78. The van der Waals surface area contributed by atoms with Crippen molar-refractivity contribution in [1.82, 2.24) is 14.7 Å². The minimum Gasteiger partial charge on any atom is -0.375 e. The Morgan fingerprint density at radius 1 is 1.52 bits per heavy atom. The molecule has 1 fully saturated rings. The maximum Gasteiger partial charge on any atom is 0.195 e. The van der Waals surface area contributed by atoms with Crippen molar-refractivity contribution in [2.24, 2.45) is 0 Å².